The molecular weight excluding hydrogens is 234 g/mol. The molecule has 5 heteroatoms. The molecule has 0 saturated heterocycles. The van der Waals surface area contributed by atoms with Gasteiger partial charge in [0, 0.05) is 12.0 Å². The van der Waals surface area contributed by atoms with E-state index in [1.807, 2.05) is 6.92 Å². The van der Waals surface area contributed by atoms with Gasteiger partial charge in [-0.05, 0) is 12.5 Å². The lowest BCUT2D eigenvalue weighted by atomic mass is 10.0. The molecule has 3 N–H and O–H groups in total. The van der Waals surface area contributed by atoms with Crippen molar-refractivity contribution in [3.63, 3.8) is 0 Å². The Balaban J connectivity index is 2.97. The topological polar surface area (TPSA) is 81.8 Å². The van der Waals surface area contributed by atoms with E-state index in [0.29, 0.717) is 18.1 Å². The second-order valence-electron chi connectivity index (χ2n) is 3.95. The lowest BCUT2D eigenvalue weighted by Gasteiger charge is -2.15. The number of carboxylic acids is 1. The Morgan fingerprint density at radius 1 is 1.50 bits per heavy atom. The van der Waals surface area contributed by atoms with Gasteiger partial charge in [0.05, 0.1) is 13.7 Å². The fraction of sp³-hybridized carbons (Fsp3) is 0.462. The van der Waals surface area contributed by atoms with Crippen LogP contribution < -0.4 is 15.2 Å². The molecule has 0 amide bonds. The van der Waals surface area contributed by atoms with Crippen molar-refractivity contribution in [1.82, 2.24) is 0 Å². The first-order chi connectivity index (χ1) is 8.60. The fourth-order valence-electron chi connectivity index (χ4n) is 1.57. The average molecular weight is 253 g/mol. The van der Waals surface area contributed by atoms with Crippen LogP contribution in [0.1, 0.15) is 18.9 Å². The van der Waals surface area contributed by atoms with E-state index in [1.54, 1.807) is 25.3 Å². The van der Waals surface area contributed by atoms with E-state index in [0.717, 1.165) is 12.0 Å². The molecule has 0 spiro atoms. The molecule has 18 heavy (non-hydrogen) atoms. The molecule has 100 valence electrons. The van der Waals surface area contributed by atoms with Gasteiger partial charge < -0.3 is 20.3 Å². The monoisotopic (exact) mass is 253 g/mol. The van der Waals surface area contributed by atoms with Gasteiger partial charge in [-0.2, -0.15) is 0 Å². The molecule has 1 rings (SSSR count). The lowest BCUT2D eigenvalue weighted by molar-refractivity contribution is -0.138. The number of hydrogen-bond donors (Lipinski definition) is 2. The molecular formula is C13H19NO4. The maximum absolute atomic E-state index is 10.8. The standard InChI is InChI=1S/C13H19NO4/c1-3-7-18-12-9(8-10(14)13(15)16)5-4-6-11(12)17-2/h4-6,10H,3,7-8,14H2,1-2H3,(H,15,16). The summed E-state index contributed by atoms with van der Waals surface area (Å²) in [6, 6.07) is 4.43. The van der Waals surface area contributed by atoms with Gasteiger partial charge >= 0.3 is 5.97 Å². The Bertz CT molecular complexity index is 406. The molecule has 0 radical (unpaired) electrons. The molecule has 0 fully saturated rings. The van der Waals surface area contributed by atoms with E-state index in [2.05, 4.69) is 0 Å². The summed E-state index contributed by atoms with van der Waals surface area (Å²) in [5.41, 5.74) is 6.29. The zero-order valence-electron chi connectivity index (χ0n) is 10.7. The molecule has 0 heterocycles. The number of carbonyl (C=O) groups is 1. The summed E-state index contributed by atoms with van der Waals surface area (Å²) in [6.45, 7) is 2.55. The van der Waals surface area contributed by atoms with E-state index in [-0.39, 0.29) is 6.42 Å². The van der Waals surface area contributed by atoms with Gasteiger partial charge in [0.2, 0.25) is 0 Å². The summed E-state index contributed by atoms with van der Waals surface area (Å²) in [7, 11) is 1.55. The van der Waals surface area contributed by atoms with Gasteiger partial charge in [-0.3, -0.25) is 4.79 Å². The van der Waals surface area contributed by atoms with Crippen molar-refractivity contribution in [3.8, 4) is 11.5 Å². The van der Waals surface area contributed by atoms with Gasteiger partial charge in [0.15, 0.2) is 11.5 Å². The molecule has 1 atom stereocenters. The predicted octanol–water partition coefficient (Wildman–Crippen LogP) is 1.44. The van der Waals surface area contributed by atoms with Gasteiger partial charge in [-0.15, -0.1) is 0 Å². The molecule has 0 saturated carbocycles. The molecule has 1 aromatic carbocycles. The molecule has 0 aromatic heterocycles. The maximum atomic E-state index is 10.8. The number of ether oxygens (including phenoxy) is 2. The third-order valence-corrected chi connectivity index (χ3v) is 2.49. The van der Waals surface area contributed by atoms with Crippen LogP contribution in [0.15, 0.2) is 18.2 Å². The minimum atomic E-state index is -1.03. The van der Waals surface area contributed by atoms with Gasteiger partial charge in [-0.25, -0.2) is 0 Å². The molecule has 0 aliphatic rings. The van der Waals surface area contributed by atoms with Crippen LogP contribution in [0.25, 0.3) is 0 Å². The third kappa shape index (κ3) is 3.63. The predicted molar refractivity (Wildman–Crippen MR) is 68.1 cm³/mol. The summed E-state index contributed by atoms with van der Waals surface area (Å²) >= 11 is 0. The zero-order valence-corrected chi connectivity index (χ0v) is 10.7. The molecule has 5 nitrogen and oxygen atoms in total. The number of rotatable bonds is 7. The van der Waals surface area contributed by atoms with Crippen LogP contribution in [0.4, 0.5) is 0 Å². The number of hydrogen-bond acceptors (Lipinski definition) is 4. The minimum Gasteiger partial charge on any atom is -0.493 e. The van der Waals surface area contributed by atoms with Gasteiger partial charge in [0.1, 0.15) is 6.04 Å². The number of benzene rings is 1. The summed E-state index contributed by atoms with van der Waals surface area (Å²) in [6.07, 6.45) is 1.08. The van der Waals surface area contributed by atoms with E-state index >= 15 is 0 Å². The Morgan fingerprint density at radius 3 is 2.78 bits per heavy atom. The van der Waals surface area contributed by atoms with Crippen LogP contribution >= 0.6 is 0 Å². The largest absolute Gasteiger partial charge is 0.493 e. The summed E-state index contributed by atoms with van der Waals surface area (Å²) in [5.74, 6) is 0.149. The van der Waals surface area contributed by atoms with Crippen molar-refractivity contribution < 1.29 is 19.4 Å². The molecule has 1 aromatic rings. The number of aliphatic carboxylic acids is 1. The van der Waals surface area contributed by atoms with E-state index < -0.39 is 12.0 Å². The van der Waals surface area contributed by atoms with E-state index in [9.17, 15) is 4.79 Å². The van der Waals surface area contributed by atoms with Crippen LogP contribution in [-0.4, -0.2) is 30.8 Å². The summed E-state index contributed by atoms with van der Waals surface area (Å²) in [5, 5.41) is 8.84. The first-order valence-corrected chi connectivity index (χ1v) is 5.87. The highest BCUT2D eigenvalue weighted by Gasteiger charge is 2.17. The van der Waals surface area contributed by atoms with E-state index in [1.165, 1.54) is 0 Å². The maximum Gasteiger partial charge on any atom is 0.320 e. The minimum absolute atomic E-state index is 0.214. The van der Waals surface area contributed by atoms with Crippen molar-refractivity contribution in [2.45, 2.75) is 25.8 Å². The first-order valence-electron chi connectivity index (χ1n) is 5.87. The third-order valence-electron chi connectivity index (χ3n) is 2.49. The number of methoxy groups -OCH3 is 1. The molecule has 0 bridgehead atoms. The summed E-state index contributed by atoms with van der Waals surface area (Å²) < 4.78 is 10.8. The smallest absolute Gasteiger partial charge is 0.320 e. The molecule has 1 unspecified atom stereocenters. The van der Waals surface area contributed by atoms with Crippen LogP contribution in [0.3, 0.4) is 0 Å². The Labute approximate surface area is 107 Å². The molecule has 0 aliphatic carbocycles. The summed E-state index contributed by atoms with van der Waals surface area (Å²) in [4.78, 5) is 10.8. The second kappa shape index (κ2) is 6.86. The normalized spacial score (nSPS) is 11.9. The van der Waals surface area contributed by atoms with Crippen molar-refractivity contribution in [1.29, 1.82) is 0 Å². The van der Waals surface area contributed by atoms with Gasteiger partial charge in [0.25, 0.3) is 0 Å². The highest BCUT2D eigenvalue weighted by atomic mass is 16.5. The van der Waals surface area contributed by atoms with Gasteiger partial charge in [-0.1, -0.05) is 19.1 Å². The van der Waals surface area contributed by atoms with Crippen molar-refractivity contribution in [2.24, 2.45) is 5.73 Å². The van der Waals surface area contributed by atoms with Crippen molar-refractivity contribution in [2.75, 3.05) is 13.7 Å². The average Bonchev–Trinajstić information content (AvgIpc) is 2.36. The number of carboxylic acid groups (broad SMARTS) is 1. The second-order valence-corrected chi connectivity index (χ2v) is 3.95. The zero-order chi connectivity index (χ0) is 13.5. The number of nitrogens with two attached hydrogens (primary N) is 1. The Hall–Kier alpha value is -1.75. The fourth-order valence-corrected chi connectivity index (χ4v) is 1.57. The van der Waals surface area contributed by atoms with Crippen molar-refractivity contribution >= 4 is 5.97 Å². The quantitative estimate of drug-likeness (QED) is 0.768. The first kappa shape index (κ1) is 14.3. The van der Waals surface area contributed by atoms with Crippen LogP contribution in [0.2, 0.25) is 0 Å². The number of para-hydroxylation sites is 1. The van der Waals surface area contributed by atoms with E-state index in [4.69, 9.17) is 20.3 Å². The lowest BCUT2D eigenvalue weighted by Crippen LogP contribution is -2.32. The Morgan fingerprint density at radius 2 is 2.22 bits per heavy atom. The van der Waals surface area contributed by atoms with Crippen LogP contribution in [0.5, 0.6) is 11.5 Å². The van der Waals surface area contributed by atoms with Crippen molar-refractivity contribution in [3.05, 3.63) is 23.8 Å². The van der Waals surface area contributed by atoms with Crippen LogP contribution in [-0.2, 0) is 11.2 Å². The Kier molecular flexibility index (Phi) is 5.45. The SMILES string of the molecule is CCCOc1c(CC(N)C(=O)O)cccc1OC. The highest BCUT2D eigenvalue weighted by Crippen LogP contribution is 2.31. The van der Waals surface area contributed by atoms with Crippen LogP contribution in [0, 0.1) is 0 Å². The highest BCUT2D eigenvalue weighted by molar-refractivity contribution is 5.73. The molecule has 0 aliphatic heterocycles.